The van der Waals surface area contributed by atoms with Crippen molar-refractivity contribution in [1.29, 1.82) is 0 Å². The van der Waals surface area contributed by atoms with E-state index >= 15 is 0 Å². The lowest BCUT2D eigenvalue weighted by Crippen LogP contribution is -2.47. The number of rotatable bonds is 4. The molecule has 0 saturated carbocycles. The first-order chi connectivity index (χ1) is 7.91. The summed E-state index contributed by atoms with van der Waals surface area (Å²) in [6.45, 7) is 1.65. The van der Waals surface area contributed by atoms with Gasteiger partial charge in [-0.05, 0) is 6.92 Å². The van der Waals surface area contributed by atoms with E-state index in [2.05, 4.69) is 5.32 Å². The number of thioether (sulfide) groups is 1. The molecule has 0 unspecified atom stereocenters. The van der Waals surface area contributed by atoms with Gasteiger partial charge in [-0.2, -0.15) is 0 Å². The summed E-state index contributed by atoms with van der Waals surface area (Å²) in [5.74, 6) is 0.475. The summed E-state index contributed by atoms with van der Waals surface area (Å²) in [5.41, 5.74) is 0. The van der Waals surface area contributed by atoms with Crippen LogP contribution in [-0.2, 0) is 14.4 Å². The highest BCUT2D eigenvalue weighted by Crippen LogP contribution is 2.13. The highest BCUT2D eigenvalue weighted by Gasteiger charge is 2.24. The molecule has 0 spiro atoms. The van der Waals surface area contributed by atoms with Gasteiger partial charge in [0.05, 0.1) is 11.6 Å². The number of nitrogens with one attached hydrogen (secondary N) is 1. The minimum Gasteiger partial charge on any atom is -0.347 e. The maximum Gasteiger partial charge on any atom is 0.244 e. The van der Waals surface area contributed by atoms with Crippen molar-refractivity contribution < 1.29 is 14.4 Å². The van der Waals surface area contributed by atoms with Crippen molar-refractivity contribution in [2.45, 2.75) is 13.0 Å². The third kappa shape index (κ3) is 3.92. The molecule has 0 aromatic rings. The molecule has 1 saturated heterocycles. The van der Waals surface area contributed by atoms with Gasteiger partial charge in [0.2, 0.25) is 17.7 Å². The fraction of sp³-hybridized carbons (Fsp3) is 0.700. The SMILES string of the molecule is C[C@H](NC(=O)CN1CSCC1=O)C(=O)N(C)C. The van der Waals surface area contributed by atoms with Gasteiger partial charge in [0.15, 0.2) is 0 Å². The summed E-state index contributed by atoms with van der Waals surface area (Å²) in [7, 11) is 3.26. The third-order valence-electron chi connectivity index (χ3n) is 2.35. The Hall–Kier alpha value is -1.24. The summed E-state index contributed by atoms with van der Waals surface area (Å²) >= 11 is 1.48. The summed E-state index contributed by atoms with van der Waals surface area (Å²) in [6, 6.07) is -0.567. The average molecular weight is 259 g/mol. The van der Waals surface area contributed by atoms with Crippen LogP contribution in [0, 0.1) is 0 Å². The van der Waals surface area contributed by atoms with Gasteiger partial charge in [0.25, 0.3) is 0 Å². The standard InChI is InChI=1S/C10H17N3O3S/c1-7(10(16)12(2)3)11-8(14)4-13-6-17-5-9(13)15/h7H,4-6H2,1-3H3,(H,11,14)/t7-/m0/s1. The molecule has 1 fully saturated rings. The molecule has 0 radical (unpaired) electrons. The van der Waals surface area contributed by atoms with Crippen LogP contribution in [0.25, 0.3) is 0 Å². The molecule has 1 rings (SSSR count). The quantitative estimate of drug-likeness (QED) is 0.711. The molecule has 0 aliphatic carbocycles. The van der Waals surface area contributed by atoms with Gasteiger partial charge < -0.3 is 15.1 Å². The van der Waals surface area contributed by atoms with Crippen LogP contribution in [0.15, 0.2) is 0 Å². The van der Waals surface area contributed by atoms with E-state index in [-0.39, 0.29) is 24.3 Å². The van der Waals surface area contributed by atoms with Crippen molar-refractivity contribution in [2.24, 2.45) is 0 Å². The molecule has 3 amide bonds. The largest absolute Gasteiger partial charge is 0.347 e. The summed E-state index contributed by atoms with van der Waals surface area (Å²) in [5, 5.41) is 2.58. The maximum absolute atomic E-state index is 11.6. The minimum atomic E-state index is -0.567. The van der Waals surface area contributed by atoms with E-state index in [1.807, 2.05) is 0 Å². The van der Waals surface area contributed by atoms with Crippen LogP contribution in [0.1, 0.15) is 6.92 Å². The molecule has 7 heteroatoms. The molecule has 1 atom stereocenters. The van der Waals surface area contributed by atoms with Gasteiger partial charge in [0, 0.05) is 14.1 Å². The average Bonchev–Trinajstić information content (AvgIpc) is 2.62. The Kier molecular flexibility index (Phi) is 4.80. The Morgan fingerprint density at radius 2 is 2.18 bits per heavy atom. The van der Waals surface area contributed by atoms with Crippen LogP contribution in [0.2, 0.25) is 0 Å². The molecule has 0 aromatic heterocycles. The molecule has 1 aliphatic heterocycles. The zero-order chi connectivity index (χ0) is 13.0. The topological polar surface area (TPSA) is 69.7 Å². The molecule has 1 heterocycles. The van der Waals surface area contributed by atoms with Crippen LogP contribution in [-0.4, -0.2) is 65.8 Å². The second-order valence-corrected chi connectivity index (χ2v) is 5.05. The number of carbonyl (C=O) groups is 3. The van der Waals surface area contributed by atoms with Crippen molar-refractivity contribution >= 4 is 29.5 Å². The van der Waals surface area contributed by atoms with Gasteiger partial charge in [-0.1, -0.05) is 0 Å². The van der Waals surface area contributed by atoms with Crippen LogP contribution < -0.4 is 5.32 Å². The van der Waals surface area contributed by atoms with Crippen molar-refractivity contribution in [3.63, 3.8) is 0 Å². The van der Waals surface area contributed by atoms with Gasteiger partial charge in [-0.25, -0.2) is 0 Å². The monoisotopic (exact) mass is 259 g/mol. The normalized spacial score (nSPS) is 16.9. The molecule has 0 bridgehead atoms. The van der Waals surface area contributed by atoms with Gasteiger partial charge in [-0.3, -0.25) is 14.4 Å². The highest BCUT2D eigenvalue weighted by atomic mass is 32.2. The molecular formula is C10H17N3O3S. The van der Waals surface area contributed by atoms with E-state index < -0.39 is 6.04 Å². The van der Waals surface area contributed by atoms with E-state index in [4.69, 9.17) is 0 Å². The zero-order valence-electron chi connectivity index (χ0n) is 10.2. The van der Waals surface area contributed by atoms with E-state index in [0.29, 0.717) is 11.6 Å². The van der Waals surface area contributed by atoms with Crippen LogP contribution in [0.5, 0.6) is 0 Å². The molecule has 96 valence electrons. The Balaban J connectivity index is 2.39. The van der Waals surface area contributed by atoms with E-state index in [1.54, 1.807) is 21.0 Å². The Bertz CT molecular complexity index is 333. The fourth-order valence-corrected chi connectivity index (χ4v) is 2.35. The fourth-order valence-electron chi connectivity index (χ4n) is 1.45. The first kappa shape index (κ1) is 13.8. The molecule has 0 aromatic carbocycles. The number of likely N-dealkylation sites (N-methyl/N-ethyl adjacent to an activating group) is 1. The number of amides is 3. The Morgan fingerprint density at radius 1 is 1.53 bits per heavy atom. The third-order valence-corrected chi connectivity index (χ3v) is 3.29. The minimum absolute atomic E-state index is 0.0247. The number of nitrogens with zero attached hydrogens (tertiary/aromatic N) is 2. The first-order valence-electron chi connectivity index (χ1n) is 5.28. The summed E-state index contributed by atoms with van der Waals surface area (Å²) in [4.78, 5) is 37.3. The van der Waals surface area contributed by atoms with Crippen LogP contribution in [0.3, 0.4) is 0 Å². The Morgan fingerprint density at radius 3 is 2.65 bits per heavy atom. The summed E-state index contributed by atoms with van der Waals surface area (Å²) < 4.78 is 0. The molecule has 6 nitrogen and oxygen atoms in total. The molecule has 1 aliphatic rings. The molecule has 1 N–H and O–H groups in total. The van der Waals surface area contributed by atoms with E-state index in [9.17, 15) is 14.4 Å². The predicted molar refractivity (Wildman–Crippen MR) is 65.3 cm³/mol. The van der Waals surface area contributed by atoms with Crippen molar-refractivity contribution in [3.8, 4) is 0 Å². The highest BCUT2D eigenvalue weighted by molar-refractivity contribution is 8.00. The summed E-state index contributed by atoms with van der Waals surface area (Å²) in [6.07, 6.45) is 0. The lowest BCUT2D eigenvalue weighted by atomic mass is 10.3. The van der Waals surface area contributed by atoms with Crippen LogP contribution in [0.4, 0.5) is 0 Å². The van der Waals surface area contributed by atoms with Gasteiger partial charge >= 0.3 is 0 Å². The second-order valence-electron chi connectivity index (χ2n) is 4.09. The predicted octanol–water partition coefficient (Wildman–Crippen LogP) is -0.888. The first-order valence-corrected chi connectivity index (χ1v) is 6.43. The molecular weight excluding hydrogens is 242 g/mol. The van der Waals surface area contributed by atoms with Gasteiger partial charge in [0.1, 0.15) is 12.6 Å². The maximum atomic E-state index is 11.6. The van der Waals surface area contributed by atoms with Crippen molar-refractivity contribution in [1.82, 2.24) is 15.1 Å². The van der Waals surface area contributed by atoms with Crippen molar-refractivity contribution in [2.75, 3.05) is 32.3 Å². The smallest absolute Gasteiger partial charge is 0.244 e. The Labute approximate surface area is 105 Å². The zero-order valence-corrected chi connectivity index (χ0v) is 11.0. The van der Waals surface area contributed by atoms with E-state index in [0.717, 1.165) is 0 Å². The second kappa shape index (κ2) is 5.90. The molecule has 17 heavy (non-hydrogen) atoms. The lowest BCUT2D eigenvalue weighted by molar-refractivity contribution is -0.136. The van der Waals surface area contributed by atoms with Crippen LogP contribution >= 0.6 is 11.8 Å². The van der Waals surface area contributed by atoms with E-state index in [1.165, 1.54) is 21.6 Å². The lowest BCUT2D eigenvalue weighted by Gasteiger charge is -2.20. The van der Waals surface area contributed by atoms with Gasteiger partial charge in [-0.15, -0.1) is 11.8 Å². The van der Waals surface area contributed by atoms with Crippen molar-refractivity contribution in [3.05, 3.63) is 0 Å². The number of carbonyl (C=O) groups excluding carboxylic acids is 3. The number of hydrogen-bond acceptors (Lipinski definition) is 4. The number of hydrogen-bond donors (Lipinski definition) is 1.